The smallest absolute Gasteiger partial charge is 0.287 e. The lowest BCUT2D eigenvalue weighted by Gasteiger charge is -2.07. The van der Waals surface area contributed by atoms with E-state index in [4.69, 9.17) is 4.74 Å². The molecular weight excluding hydrogens is 396 g/mol. The Morgan fingerprint density at radius 3 is 2.45 bits per heavy atom. The number of rotatable bonds is 6. The fraction of sp³-hybridized carbons (Fsp3) is 0.0909. The molecule has 0 radical (unpaired) electrons. The monoisotopic (exact) mass is 416 g/mol. The first-order chi connectivity index (χ1) is 15.1. The molecular formula is C22H20N6O3. The summed E-state index contributed by atoms with van der Waals surface area (Å²) in [4.78, 5) is 28.7. The van der Waals surface area contributed by atoms with E-state index in [1.807, 2.05) is 47.2 Å². The van der Waals surface area contributed by atoms with Crippen LogP contribution in [0.4, 0.5) is 0 Å². The zero-order valence-electron chi connectivity index (χ0n) is 16.7. The highest BCUT2D eigenvalue weighted by Crippen LogP contribution is 2.21. The summed E-state index contributed by atoms with van der Waals surface area (Å²) in [6.07, 6.45) is 5.31. The van der Waals surface area contributed by atoms with Crippen LogP contribution in [0.15, 0.2) is 73.3 Å². The first-order valence-corrected chi connectivity index (χ1v) is 9.47. The summed E-state index contributed by atoms with van der Waals surface area (Å²) >= 11 is 0. The van der Waals surface area contributed by atoms with Crippen molar-refractivity contribution in [2.75, 3.05) is 7.11 Å². The van der Waals surface area contributed by atoms with Gasteiger partial charge in [0.1, 0.15) is 11.4 Å². The molecule has 0 unspecified atom stereocenters. The number of benzene rings is 2. The lowest BCUT2D eigenvalue weighted by molar-refractivity contribution is 0.0844. The predicted molar refractivity (Wildman–Crippen MR) is 113 cm³/mol. The van der Waals surface area contributed by atoms with Crippen molar-refractivity contribution in [1.29, 1.82) is 0 Å². The van der Waals surface area contributed by atoms with Crippen molar-refractivity contribution in [3.8, 4) is 17.0 Å². The zero-order chi connectivity index (χ0) is 21.6. The molecule has 2 heterocycles. The maximum Gasteiger partial charge on any atom is 0.287 e. The maximum absolute atomic E-state index is 12.3. The van der Waals surface area contributed by atoms with Gasteiger partial charge < -0.3 is 9.30 Å². The summed E-state index contributed by atoms with van der Waals surface area (Å²) in [6.45, 7) is 0.662. The number of carbonyl (C=O) groups excluding carboxylic acids is 2. The highest BCUT2D eigenvalue weighted by atomic mass is 16.5. The molecule has 0 aliphatic heterocycles. The van der Waals surface area contributed by atoms with Gasteiger partial charge in [0.25, 0.3) is 11.8 Å². The van der Waals surface area contributed by atoms with Gasteiger partial charge in [-0.1, -0.05) is 12.1 Å². The van der Waals surface area contributed by atoms with Crippen molar-refractivity contribution < 1.29 is 14.3 Å². The number of hydrogen-bond donors (Lipinski definition) is 3. The van der Waals surface area contributed by atoms with Crippen LogP contribution in [0.3, 0.4) is 0 Å². The average molecular weight is 416 g/mol. The van der Waals surface area contributed by atoms with Crippen LogP contribution in [0, 0.1) is 0 Å². The summed E-state index contributed by atoms with van der Waals surface area (Å²) in [5.74, 6) is -0.190. The number of methoxy groups -OCH3 is 1. The van der Waals surface area contributed by atoms with E-state index in [0.717, 1.165) is 16.9 Å². The second-order valence-corrected chi connectivity index (χ2v) is 6.74. The van der Waals surface area contributed by atoms with Crippen LogP contribution in [0.1, 0.15) is 26.4 Å². The highest BCUT2D eigenvalue weighted by molar-refractivity contribution is 5.98. The Hall–Kier alpha value is -4.40. The second-order valence-electron chi connectivity index (χ2n) is 6.74. The van der Waals surface area contributed by atoms with Gasteiger partial charge in [0, 0.05) is 30.1 Å². The van der Waals surface area contributed by atoms with E-state index < -0.39 is 11.8 Å². The highest BCUT2D eigenvalue weighted by Gasteiger charge is 2.13. The number of aromatic nitrogens is 4. The third-order valence-corrected chi connectivity index (χ3v) is 4.64. The van der Waals surface area contributed by atoms with E-state index in [1.165, 1.54) is 0 Å². The van der Waals surface area contributed by atoms with Crippen molar-refractivity contribution in [1.82, 2.24) is 30.6 Å². The van der Waals surface area contributed by atoms with Gasteiger partial charge in [-0.25, -0.2) is 4.98 Å². The molecule has 3 N–H and O–H groups in total. The van der Waals surface area contributed by atoms with Crippen molar-refractivity contribution in [2.24, 2.45) is 0 Å². The van der Waals surface area contributed by atoms with Crippen LogP contribution < -0.4 is 15.6 Å². The average Bonchev–Trinajstić information content (AvgIpc) is 3.50. The molecule has 0 aliphatic carbocycles. The number of imidazole rings is 1. The molecule has 2 aromatic carbocycles. The lowest BCUT2D eigenvalue weighted by Crippen LogP contribution is -2.41. The lowest BCUT2D eigenvalue weighted by atomic mass is 10.1. The molecule has 0 saturated carbocycles. The van der Waals surface area contributed by atoms with Gasteiger partial charge >= 0.3 is 0 Å². The molecule has 0 spiro atoms. The first kappa shape index (κ1) is 19.9. The minimum atomic E-state index is -0.502. The second kappa shape index (κ2) is 8.95. The fourth-order valence-electron chi connectivity index (χ4n) is 2.95. The molecule has 9 heteroatoms. The zero-order valence-corrected chi connectivity index (χ0v) is 16.7. The van der Waals surface area contributed by atoms with Crippen LogP contribution in [0.2, 0.25) is 0 Å². The summed E-state index contributed by atoms with van der Waals surface area (Å²) in [5, 5.41) is 6.82. The number of H-pyrrole nitrogens is 1. The number of ether oxygens (including phenoxy) is 1. The summed E-state index contributed by atoms with van der Waals surface area (Å²) < 4.78 is 7.06. The Morgan fingerprint density at radius 2 is 1.77 bits per heavy atom. The van der Waals surface area contributed by atoms with Crippen LogP contribution in [0.25, 0.3) is 11.3 Å². The van der Waals surface area contributed by atoms with Crippen LogP contribution in [0.5, 0.6) is 5.75 Å². The molecule has 156 valence electrons. The van der Waals surface area contributed by atoms with Gasteiger partial charge in [-0.05, 0) is 48.0 Å². The molecule has 2 aromatic heterocycles. The van der Waals surface area contributed by atoms with E-state index in [2.05, 4.69) is 26.0 Å². The Balaban J connectivity index is 1.33. The Kier molecular flexibility index (Phi) is 5.75. The molecule has 0 saturated heterocycles. The molecule has 0 atom stereocenters. The minimum absolute atomic E-state index is 0.224. The number of amides is 2. The van der Waals surface area contributed by atoms with Gasteiger partial charge in [0.2, 0.25) is 0 Å². The first-order valence-electron chi connectivity index (χ1n) is 9.47. The van der Waals surface area contributed by atoms with E-state index >= 15 is 0 Å². The SMILES string of the molecule is COc1ccc(-c2cc(C(=O)NNC(=O)c3ccc(Cn4ccnc4)cc3)[nH]n2)cc1. The summed E-state index contributed by atoms with van der Waals surface area (Å²) in [7, 11) is 1.59. The number of carbonyl (C=O) groups is 2. The van der Waals surface area contributed by atoms with Gasteiger partial charge in [-0.15, -0.1) is 0 Å². The Labute approximate surface area is 178 Å². The fourth-order valence-corrected chi connectivity index (χ4v) is 2.95. The molecule has 9 nitrogen and oxygen atoms in total. The number of nitrogens with one attached hydrogen (secondary N) is 3. The quantitative estimate of drug-likeness (QED) is 0.418. The summed E-state index contributed by atoms with van der Waals surface area (Å²) in [6, 6.07) is 16.0. The third-order valence-electron chi connectivity index (χ3n) is 4.64. The van der Waals surface area contributed by atoms with Crippen molar-refractivity contribution >= 4 is 11.8 Å². The molecule has 2 amide bonds. The van der Waals surface area contributed by atoms with Crippen LogP contribution in [-0.4, -0.2) is 38.7 Å². The Bertz CT molecular complexity index is 1160. The molecule has 4 rings (SSSR count). The molecule has 0 aliphatic rings. The van der Waals surface area contributed by atoms with Crippen molar-refractivity contribution in [3.05, 3.63) is 90.1 Å². The van der Waals surface area contributed by atoms with E-state index in [0.29, 0.717) is 17.8 Å². The number of hydrazine groups is 1. The van der Waals surface area contributed by atoms with Crippen LogP contribution in [-0.2, 0) is 6.54 Å². The number of hydrogen-bond acceptors (Lipinski definition) is 5. The van der Waals surface area contributed by atoms with Gasteiger partial charge in [-0.3, -0.25) is 25.5 Å². The predicted octanol–water partition coefficient (Wildman–Crippen LogP) is 2.40. The largest absolute Gasteiger partial charge is 0.497 e. The third kappa shape index (κ3) is 4.78. The standard InChI is InChI=1S/C22H20N6O3/c1-31-18-8-6-16(7-9-18)19-12-20(25-24-19)22(30)27-26-21(29)17-4-2-15(3-5-17)13-28-11-10-23-14-28/h2-12,14H,13H2,1H3,(H,24,25)(H,26,29)(H,27,30). The van der Waals surface area contributed by atoms with Crippen molar-refractivity contribution in [2.45, 2.75) is 6.54 Å². The Morgan fingerprint density at radius 1 is 1.03 bits per heavy atom. The molecule has 31 heavy (non-hydrogen) atoms. The maximum atomic E-state index is 12.3. The number of aromatic amines is 1. The van der Waals surface area contributed by atoms with Gasteiger partial charge in [0.05, 0.1) is 19.1 Å². The van der Waals surface area contributed by atoms with E-state index in [1.54, 1.807) is 37.8 Å². The van der Waals surface area contributed by atoms with Crippen molar-refractivity contribution in [3.63, 3.8) is 0 Å². The summed E-state index contributed by atoms with van der Waals surface area (Å²) in [5.41, 5.74) is 7.91. The normalized spacial score (nSPS) is 10.5. The van der Waals surface area contributed by atoms with E-state index in [9.17, 15) is 9.59 Å². The van der Waals surface area contributed by atoms with E-state index in [-0.39, 0.29) is 5.69 Å². The van der Waals surface area contributed by atoms with Crippen LogP contribution >= 0.6 is 0 Å². The van der Waals surface area contributed by atoms with Gasteiger partial charge in [0.15, 0.2) is 0 Å². The minimum Gasteiger partial charge on any atom is -0.497 e. The molecule has 0 bridgehead atoms. The molecule has 0 fully saturated rings. The van der Waals surface area contributed by atoms with Gasteiger partial charge in [-0.2, -0.15) is 5.10 Å². The number of nitrogens with zero attached hydrogens (tertiary/aromatic N) is 3. The molecule has 4 aromatic rings. The topological polar surface area (TPSA) is 114 Å².